The first kappa shape index (κ1) is 44.3. The topological polar surface area (TPSA) is 17.4 Å². The lowest BCUT2D eigenvalue weighted by Gasteiger charge is -2.35. The maximum Gasteiger partial charge on any atom is 0.127 e. The van der Waals surface area contributed by atoms with Gasteiger partial charge in [-0.2, -0.15) is 0 Å². The van der Waals surface area contributed by atoms with Crippen LogP contribution in [0.25, 0.3) is 73.0 Å². The van der Waals surface area contributed by atoms with Crippen molar-refractivity contribution in [3.05, 3.63) is 313 Å². The van der Waals surface area contributed by atoms with Crippen LogP contribution in [-0.4, -0.2) is 4.57 Å². The fourth-order valence-corrected chi connectivity index (χ4v) is 11.3. The molecule has 1 unspecified atom stereocenters. The Kier molecular flexibility index (Phi) is 11.1. The van der Waals surface area contributed by atoms with Gasteiger partial charge in [-0.05, 0) is 158 Å². The second kappa shape index (κ2) is 18.5. The van der Waals surface area contributed by atoms with Crippen LogP contribution < -0.4 is 9.64 Å². The van der Waals surface area contributed by atoms with Crippen molar-refractivity contribution >= 4 is 51.0 Å². The molecule has 1 aliphatic rings. The molecule has 12 aromatic rings. The van der Waals surface area contributed by atoms with Gasteiger partial charge in [0.25, 0.3) is 0 Å². The summed E-state index contributed by atoms with van der Waals surface area (Å²) in [5, 5.41) is 2.44. The van der Waals surface area contributed by atoms with Crippen LogP contribution in [0.3, 0.4) is 0 Å². The predicted molar refractivity (Wildman–Crippen MR) is 310 cm³/mol. The van der Waals surface area contributed by atoms with Crippen molar-refractivity contribution in [2.24, 2.45) is 0 Å². The summed E-state index contributed by atoms with van der Waals surface area (Å²) in [6, 6.07) is 96.5. The molecule has 74 heavy (non-hydrogen) atoms. The molecule has 1 aliphatic carbocycles. The zero-order chi connectivity index (χ0) is 49.6. The second-order valence-electron chi connectivity index (χ2n) is 19.0. The van der Waals surface area contributed by atoms with Gasteiger partial charge in [0.1, 0.15) is 11.5 Å². The van der Waals surface area contributed by atoms with E-state index in [1.807, 2.05) is 36.4 Å². The Morgan fingerprint density at radius 3 is 1.54 bits per heavy atom. The average Bonchev–Trinajstić information content (AvgIpc) is 3.97. The number of fused-ring (bicyclic) bond motifs is 6. The molecule has 3 nitrogen and oxygen atoms in total. The number of aromatic nitrogens is 1. The Balaban J connectivity index is 0.938. The lowest BCUT2D eigenvalue weighted by molar-refractivity contribution is 0.482. The minimum Gasteiger partial charge on any atom is -0.457 e. The highest BCUT2D eigenvalue weighted by molar-refractivity contribution is 6.10. The van der Waals surface area contributed by atoms with Gasteiger partial charge in [0.15, 0.2) is 0 Å². The monoisotopic (exact) mass is 946 g/mol. The number of para-hydroxylation sites is 1. The normalized spacial score (nSPS) is 13.6. The minimum atomic E-state index is -0.628. The van der Waals surface area contributed by atoms with E-state index in [9.17, 15) is 0 Å². The van der Waals surface area contributed by atoms with Gasteiger partial charge in [0.05, 0.1) is 16.4 Å². The third-order valence-corrected chi connectivity index (χ3v) is 14.9. The van der Waals surface area contributed by atoms with E-state index in [2.05, 4.69) is 265 Å². The highest BCUT2D eigenvalue weighted by atomic mass is 16.5. The van der Waals surface area contributed by atoms with Crippen LogP contribution in [0.4, 0.5) is 17.1 Å². The maximum absolute atomic E-state index is 6.41. The van der Waals surface area contributed by atoms with Crippen LogP contribution in [0, 0.1) is 0 Å². The van der Waals surface area contributed by atoms with Crippen LogP contribution in [0.1, 0.15) is 33.4 Å². The summed E-state index contributed by atoms with van der Waals surface area (Å²) >= 11 is 0. The smallest absolute Gasteiger partial charge is 0.127 e. The Morgan fingerprint density at radius 2 is 0.865 bits per heavy atom. The molecule has 0 fully saturated rings. The number of ether oxygens (including phenoxy) is 1. The summed E-state index contributed by atoms with van der Waals surface area (Å²) < 4.78 is 8.77. The predicted octanol–water partition coefficient (Wildman–Crippen LogP) is 19.0. The molecule has 13 rings (SSSR count). The molecule has 1 aromatic heterocycles. The second-order valence-corrected chi connectivity index (χ2v) is 19.0. The first-order valence-corrected chi connectivity index (χ1v) is 25.2. The first-order chi connectivity index (χ1) is 36.6. The van der Waals surface area contributed by atoms with E-state index in [0.29, 0.717) is 0 Å². The zero-order valence-electron chi connectivity index (χ0n) is 40.8. The average molecular weight is 947 g/mol. The van der Waals surface area contributed by atoms with Crippen molar-refractivity contribution in [3.63, 3.8) is 0 Å². The molecule has 0 bridgehead atoms. The third-order valence-electron chi connectivity index (χ3n) is 14.9. The number of nitrogens with zero attached hydrogens (tertiary/aromatic N) is 2. The summed E-state index contributed by atoms with van der Waals surface area (Å²) in [5.74, 6) is 1.56. The van der Waals surface area contributed by atoms with Crippen molar-refractivity contribution in [2.75, 3.05) is 4.90 Å². The van der Waals surface area contributed by atoms with Crippen LogP contribution in [0.15, 0.2) is 280 Å². The summed E-state index contributed by atoms with van der Waals surface area (Å²) in [6.45, 7) is 7.87. The van der Waals surface area contributed by atoms with Gasteiger partial charge in [-0.15, -0.1) is 0 Å². The Morgan fingerprint density at radius 1 is 0.365 bits per heavy atom. The van der Waals surface area contributed by atoms with Crippen molar-refractivity contribution in [2.45, 2.75) is 5.41 Å². The molecule has 350 valence electrons. The minimum absolute atomic E-state index is 0.628. The Labute approximate surface area is 432 Å². The molecule has 0 saturated carbocycles. The molecule has 0 aliphatic heterocycles. The van der Waals surface area contributed by atoms with E-state index >= 15 is 0 Å². The van der Waals surface area contributed by atoms with E-state index in [0.717, 1.165) is 62.1 Å². The van der Waals surface area contributed by atoms with Gasteiger partial charge in [-0.1, -0.05) is 201 Å². The van der Waals surface area contributed by atoms with Crippen molar-refractivity contribution in [1.29, 1.82) is 0 Å². The molecule has 0 radical (unpaired) electrons. The first-order valence-electron chi connectivity index (χ1n) is 25.2. The maximum atomic E-state index is 6.41. The van der Waals surface area contributed by atoms with Crippen molar-refractivity contribution < 1.29 is 4.74 Å². The van der Waals surface area contributed by atoms with Gasteiger partial charge in [0.2, 0.25) is 0 Å². The van der Waals surface area contributed by atoms with Gasteiger partial charge < -0.3 is 14.2 Å². The lowest BCUT2D eigenvalue weighted by atomic mass is 9.67. The van der Waals surface area contributed by atoms with Gasteiger partial charge in [-0.25, -0.2) is 0 Å². The number of anilines is 3. The lowest BCUT2D eigenvalue weighted by Crippen LogP contribution is -2.28. The zero-order valence-corrected chi connectivity index (χ0v) is 40.8. The van der Waals surface area contributed by atoms with Crippen molar-refractivity contribution in [3.8, 4) is 50.6 Å². The molecule has 0 N–H and O–H groups in total. The molecule has 0 amide bonds. The fraction of sp³-hybridized carbons (Fsp3) is 0.0141. The Bertz CT molecular complexity index is 4020. The largest absolute Gasteiger partial charge is 0.457 e. The molecule has 3 heteroatoms. The number of hydrogen-bond acceptors (Lipinski definition) is 2. The molecule has 0 saturated heterocycles. The number of hydrogen-bond donors (Lipinski definition) is 0. The van der Waals surface area contributed by atoms with E-state index in [1.165, 1.54) is 60.8 Å². The van der Waals surface area contributed by atoms with E-state index in [1.54, 1.807) is 0 Å². The molecule has 1 atom stereocenters. The van der Waals surface area contributed by atoms with E-state index in [4.69, 9.17) is 4.74 Å². The summed E-state index contributed by atoms with van der Waals surface area (Å²) in [7, 11) is 0. The van der Waals surface area contributed by atoms with Crippen LogP contribution >= 0.6 is 0 Å². The van der Waals surface area contributed by atoms with Gasteiger partial charge in [-0.3, -0.25) is 0 Å². The third kappa shape index (κ3) is 7.53. The summed E-state index contributed by atoms with van der Waals surface area (Å²) in [6.07, 6.45) is 3.73. The van der Waals surface area contributed by atoms with Crippen LogP contribution in [-0.2, 0) is 5.41 Å². The summed E-state index contributed by atoms with van der Waals surface area (Å²) in [4.78, 5) is 2.40. The van der Waals surface area contributed by atoms with Crippen LogP contribution in [0.5, 0.6) is 11.5 Å². The highest BCUT2D eigenvalue weighted by Crippen LogP contribution is 2.57. The molecular formula is C71H50N2O. The van der Waals surface area contributed by atoms with Gasteiger partial charge >= 0.3 is 0 Å². The quantitative estimate of drug-likeness (QED) is 0.121. The fourth-order valence-electron chi connectivity index (χ4n) is 11.3. The summed E-state index contributed by atoms with van der Waals surface area (Å²) in [5.41, 5.74) is 20.2. The molecule has 0 spiro atoms. The SMILES string of the molecule is C=Cc1ccc(Oc2ccc(C3(c4ccccc4)c4ccccc4-c4ccc(N(c5ccc(-c6ccccc6)cc5)c5ccc(-c6ccc7c(c6)c6ccccc6n7-c6ccc(C=C)cc6)cc5)cc43)cc2)cc1. The molecule has 1 heterocycles. The van der Waals surface area contributed by atoms with E-state index in [-0.39, 0.29) is 0 Å². The van der Waals surface area contributed by atoms with Crippen molar-refractivity contribution in [1.82, 2.24) is 4.57 Å². The molecular weight excluding hydrogens is 897 g/mol. The molecule has 11 aromatic carbocycles. The van der Waals surface area contributed by atoms with Crippen LogP contribution in [0.2, 0.25) is 0 Å². The number of rotatable bonds is 12. The highest BCUT2D eigenvalue weighted by Gasteiger charge is 2.46. The van der Waals surface area contributed by atoms with E-state index < -0.39 is 5.41 Å². The number of benzene rings is 11. The standard InChI is InChI=1S/C71H50N2O/c1-3-49-23-34-59(35-24-49)73-69-22-14-12-20-65(69)66-47-54(31-46-70(66)73)53-29-38-58(39-30-53)72(57-36-27-52(28-37-57)51-15-7-5-8-16-51)60-40-45-64-63-19-11-13-21-67(63)71(68(64)48-60,55-17-9-6-10-18-55)56-32-43-62(44-33-56)74-61-41-25-50(4-2)26-42-61/h3-48H,1-2H2. The Hall–Kier alpha value is -9.70. The van der Waals surface area contributed by atoms with Gasteiger partial charge in [0, 0.05) is 33.5 Å².